The molecule has 1 aromatic heterocycles. The zero-order valence-electron chi connectivity index (χ0n) is 16.3. The van der Waals surface area contributed by atoms with Crippen molar-refractivity contribution in [2.45, 2.75) is 63.5 Å². The second kappa shape index (κ2) is 9.89. The lowest BCUT2D eigenvalue weighted by molar-refractivity contribution is 0.315. The highest BCUT2D eigenvalue weighted by Crippen LogP contribution is 2.44. The Kier molecular flexibility index (Phi) is 7.55. The van der Waals surface area contributed by atoms with Crippen molar-refractivity contribution in [3.63, 3.8) is 0 Å². The minimum absolute atomic E-state index is 0. The van der Waals surface area contributed by atoms with E-state index in [-0.39, 0.29) is 24.0 Å². The van der Waals surface area contributed by atoms with E-state index in [1.54, 1.807) is 0 Å². The molecule has 2 aliphatic carbocycles. The molecule has 6 nitrogen and oxygen atoms in total. The molecule has 2 N–H and O–H groups in total. The molecule has 3 unspecified atom stereocenters. The van der Waals surface area contributed by atoms with E-state index >= 15 is 0 Å². The summed E-state index contributed by atoms with van der Waals surface area (Å²) in [6.45, 7) is 1.96. The number of guanidine groups is 1. The summed E-state index contributed by atoms with van der Waals surface area (Å²) in [4.78, 5) is 15.6. The van der Waals surface area contributed by atoms with Crippen molar-refractivity contribution in [3.05, 3.63) is 18.5 Å². The highest BCUT2D eigenvalue weighted by atomic mass is 127. The third kappa shape index (κ3) is 5.45. The van der Waals surface area contributed by atoms with E-state index in [1.807, 2.05) is 25.5 Å². The summed E-state index contributed by atoms with van der Waals surface area (Å²) in [5.41, 5.74) is 0. The molecule has 7 heteroatoms. The molecule has 0 spiro atoms. The van der Waals surface area contributed by atoms with Crippen molar-refractivity contribution in [1.29, 1.82) is 0 Å². The van der Waals surface area contributed by atoms with E-state index in [1.165, 1.54) is 44.9 Å². The van der Waals surface area contributed by atoms with Crippen LogP contribution in [0.1, 0.15) is 51.4 Å². The smallest absolute Gasteiger partial charge is 0.225 e. The van der Waals surface area contributed by atoms with Crippen molar-refractivity contribution < 1.29 is 0 Å². The average molecular weight is 484 g/mol. The largest absolute Gasteiger partial charge is 0.353 e. The Morgan fingerprint density at radius 2 is 1.85 bits per heavy atom. The van der Waals surface area contributed by atoms with Crippen molar-refractivity contribution in [2.24, 2.45) is 16.8 Å². The lowest BCUT2D eigenvalue weighted by Crippen LogP contribution is -2.52. The summed E-state index contributed by atoms with van der Waals surface area (Å²) >= 11 is 0. The standard InChI is InChI=1S/C20H32N6.HI/c1-21-19(25-18-13-17(18)15-7-3-2-4-8-15)24-16-9-5-12-26(14-16)20-22-10-6-11-23-20;/h6,10-11,15-18H,2-5,7-9,12-14H2,1H3,(H2,21,24,25);1H. The van der Waals surface area contributed by atoms with Gasteiger partial charge in [-0.15, -0.1) is 24.0 Å². The van der Waals surface area contributed by atoms with Gasteiger partial charge in [0.2, 0.25) is 5.95 Å². The maximum absolute atomic E-state index is 4.48. The van der Waals surface area contributed by atoms with Crippen LogP contribution in [0.5, 0.6) is 0 Å². The first-order valence-electron chi connectivity index (χ1n) is 10.4. The van der Waals surface area contributed by atoms with Crippen molar-refractivity contribution in [1.82, 2.24) is 20.6 Å². The van der Waals surface area contributed by atoms with E-state index < -0.39 is 0 Å². The Balaban J connectivity index is 0.00000210. The molecule has 1 aliphatic heterocycles. The summed E-state index contributed by atoms with van der Waals surface area (Å²) in [5.74, 6) is 3.62. The maximum Gasteiger partial charge on any atom is 0.225 e. The van der Waals surface area contributed by atoms with Gasteiger partial charge < -0.3 is 15.5 Å². The number of nitrogens with zero attached hydrogens (tertiary/aromatic N) is 4. The minimum atomic E-state index is 0. The van der Waals surface area contributed by atoms with Crippen LogP contribution in [0.2, 0.25) is 0 Å². The van der Waals surface area contributed by atoms with Gasteiger partial charge in [-0.25, -0.2) is 9.97 Å². The molecule has 0 radical (unpaired) electrons. The van der Waals surface area contributed by atoms with Crippen LogP contribution in [-0.4, -0.2) is 48.1 Å². The average Bonchev–Trinajstić information content (AvgIpc) is 3.48. The van der Waals surface area contributed by atoms with Crippen molar-refractivity contribution in [2.75, 3.05) is 25.0 Å². The molecule has 3 fully saturated rings. The van der Waals surface area contributed by atoms with Crippen molar-refractivity contribution >= 4 is 35.9 Å². The van der Waals surface area contributed by atoms with Gasteiger partial charge in [0, 0.05) is 44.6 Å². The summed E-state index contributed by atoms with van der Waals surface area (Å²) in [6.07, 6.45) is 14.4. The molecule has 0 bridgehead atoms. The molecular weight excluding hydrogens is 451 g/mol. The number of hydrogen-bond donors (Lipinski definition) is 2. The van der Waals surface area contributed by atoms with Crippen LogP contribution >= 0.6 is 24.0 Å². The van der Waals surface area contributed by atoms with Crippen LogP contribution in [0.25, 0.3) is 0 Å². The number of hydrogen-bond acceptors (Lipinski definition) is 4. The third-order valence-electron chi connectivity index (χ3n) is 6.24. The van der Waals surface area contributed by atoms with E-state index in [9.17, 15) is 0 Å². The molecule has 3 atom stereocenters. The lowest BCUT2D eigenvalue weighted by Gasteiger charge is -2.34. The summed E-state index contributed by atoms with van der Waals surface area (Å²) in [6, 6.07) is 2.89. The van der Waals surface area contributed by atoms with Gasteiger partial charge in [-0.3, -0.25) is 4.99 Å². The molecule has 4 rings (SSSR count). The summed E-state index contributed by atoms with van der Waals surface area (Å²) in [7, 11) is 1.88. The van der Waals surface area contributed by atoms with E-state index in [2.05, 4.69) is 30.5 Å². The van der Waals surface area contributed by atoms with Gasteiger partial charge in [0.15, 0.2) is 5.96 Å². The zero-order valence-corrected chi connectivity index (χ0v) is 18.6. The van der Waals surface area contributed by atoms with Gasteiger partial charge in [-0.2, -0.15) is 0 Å². The van der Waals surface area contributed by atoms with Gasteiger partial charge >= 0.3 is 0 Å². The Hall–Kier alpha value is -1.12. The minimum Gasteiger partial charge on any atom is -0.353 e. The maximum atomic E-state index is 4.48. The van der Waals surface area contributed by atoms with E-state index in [4.69, 9.17) is 0 Å². The molecule has 2 saturated carbocycles. The molecule has 1 aromatic rings. The third-order valence-corrected chi connectivity index (χ3v) is 6.24. The summed E-state index contributed by atoms with van der Waals surface area (Å²) in [5, 5.41) is 7.32. The number of anilines is 1. The Bertz CT molecular complexity index is 604. The summed E-state index contributed by atoms with van der Waals surface area (Å²) < 4.78 is 0. The molecular formula is C20H33IN6. The fourth-order valence-electron chi connectivity index (χ4n) is 4.73. The van der Waals surface area contributed by atoms with Crippen LogP contribution in [-0.2, 0) is 0 Å². The quantitative estimate of drug-likeness (QED) is 0.391. The second-order valence-electron chi connectivity index (χ2n) is 8.10. The molecule has 27 heavy (non-hydrogen) atoms. The van der Waals surface area contributed by atoms with Gasteiger partial charge in [0.05, 0.1) is 0 Å². The van der Waals surface area contributed by atoms with Gasteiger partial charge in [0.1, 0.15) is 0 Å². The predicted molar refractivity (Wildman–Crippen MR) is 121 cm³/mol. The monoisotopic (exact) mass is 484 g/mol. The lowest BCUT2D eigenvalue weighted by atomic mass is 9.85. The van der Waals surface area contributed by atoms with Crippen LogP contribution in [0, 0.1) is 11.8 Å². The predicted octanol–water partition coefficient (Wildman–Crippen LogP) is 3.20. The zero-order chi connectivity index (χ0) is 17.8. The normalized spacial score (nSPS) is 29.0. The fourth-order valence-corrected chi connectivity index (χ4v) is 4.73. The van der Waals surface area contributed by atoms with Gasteiger partial charge in [-0.05, 0) is 37.2 Å². The Morgan fingerprint density at radius 3 is 2.59 bits per heavy atom. The Morgan fingerprint density at radius 1 is 1.07 bits per heavy atom. The molecule has 1 saturated heterocycles. The van der Waals surface area contributed by atoms with Gasteiger partial charge in [-0.1, -0.05) is 32.1 Å². The molecule has 0 aromatic carbocycles. The number of rotatable bonds is 4. The first kappa shape index (κ1) is 20.6. The number of piperidine rings is 1. The first-order chi connectivity index (χ1) is 12.8. The van der Waals surface area contributed by atoms with Crippen molar-refractivity contribution in [3.8, 4) is 0 Å². The van der Waals surface area contributed by atoms with Gasteiger partial charge in [0.25, 0.3) is 0 Å². The van der Waals surface area contributed by atoms with E-state index in [0.717, 1.165) is 43.3 Å². The number of halogens is 1. The SMILES string of the molecule is CN=C(NC1CCCN(c2ncccn2)C1)NC1CC1C1CCCCC1.I. The number of nitrogens with one attached hydrogen (secondary N) is 2. The first-order valence-corrected chi connectivity index (χ1v) is 10.4. The van der Waals surface area contributed by atoms with Crippen LogP contribution in [0.3, 0.4) is 0 Å². The number of aromatic nitrogens is 2. The molecule has 2 heterocycles. The van der Waals surface area contributed by atoms with E-state index in [0.29, 0.717) is 12.1 Å². The second-order valence-corrected chi connectivity index (χ2v) is 8.10. The van der Waals surface area contributed by atoms with Crippen LogP contribution in [0.4, 0.5) is 5.95 Å². The van der Waals surface area contributed by atoms with Crippen LogP contribution in [0.15, 0.2) is 23.5 Å². The highest BCUT2D eigenvalue weighted by molar-refractivity contribution is 14.0. The number of aliphatic imine (C=N–C) groups is 1. The molecule has 0 amide bonds. The molecule has 3 aliphatic rings. The fraction of sp³-hybridized carbons (Fsp3) is 0.750. The highest BCUT2D eigenvalue weighted by Gasteiger charge is 2.43. The topological polar surface area (TPSA) is 65.4 Å². The molecule has 150 valence electrons. The van der Waals surface area contributed by atoms with Crippen LogP contribution < -0.4 is 15.5 Å². The Labute approximate surface area is 180 Å².